The third-order valence-electron chi connectivity index (χ3n) is 2.79. The van der Waals surface area contributed by atoms with Gasteiger partial charge in [0.1, 0.15) is 12.1 Å². The minimum Gasteiger partial charge on any atom is -0.480 e. The summed E-state index contributed by atoms with van der Waals surface area (Å²) in [5.41, 5.74) is 7.30. The molecule has 0 amide bonds. The van der Waals surface area contributed by atoms with E-state index >= 15 is 0 Å². The first kappa shape index (κ1) is 12.2. The van der Waals surface area contributed by atoms with Crippen molar-refractivity contribution in [1.29, 1.82) is 0 Å². The predicted molar refractivity (Wildman–Crippen MR) is 72.6 cm³/mol. The number of nitrogens with zero attached hydrogens (tertiary/aromatic N) is 3. The van der Waals surface area contributed by atoms with E-state index in [0.717, 1.165) is 0 Å². The van der Waals surface area contributed by atoms with Crippen LogP contribution in [0.4, 0.5) is 5.69 Å². The van der Waals surface area contributed by atoms with E-state index in [-0.39, 0.29) is 12.1 Å². The van der Waals surface area contributed by atoms with E-state index in [0.29, 0.717) is 28.6 Å². The summed E-state index contributed by atoms with van der Waals surface area (Å²) in [5, 5.41) is 4.03. The molecule has 0 aliphatic rings. The van der Waals surface area contributed by atoms with Gasteiger partial charge in [-0.05, 0) is 18.2 Å². The van der Waals surface area contributed by atoms with Gasteiger partial charge < -0.3 is 14.9 Å². The normalized spacial score (nSPS) is 10.8. The molecule has 2 aromatic heterocycles. The highest BCUT2D eigenvalue weighted by atomic mass is 16.5. The molecule has 0 fully saturated rings. The van der Waals surface area contributed by atoms with Crippen LogP contribution in [0.15, 0.2) is 39.5 Å². The van der Waals surface area contributed by atoms with Gasteiger partial charge in [0.25, 0.3) is 5.56 Å². The van der Waals surface area contributed by atoms with E-state index in [1.807, 2.05) is 0 Å². The largest absolute Gasteiger partial charge is 0.480 e. The van der Waals surface area contributed by atoms with E-state index in [2.05, 4.69) is 10.1 Å². The van der Waals surface area contributed by atoms with Crippen LogP contribution >= 0.6 is 0 Å². The van der Waals surface area contributed by atoms with Crippen LogP contribution in [-0.4, -0.2) is 21.9 Å². The molecule has 0 bridgehead atoms. The average Bonchev–Trinajstić information content (AvgIpc) is 2.82. The van der Waals surface area contributed by atoms with Gasteiger partial charge in [0.15, 0.2) is 5.58 Å². The Morgan fingerprint density at radius 2 is 2.20 bits per heavy atom. The summed E-state index contributed by atoms with van der Waals surface area (Å²) >= 11 is 0. The van der Waals surface area contributed by atoms with Crippen molar-refractivity contribution in [2.75, 3.05) is 12.8 Å². The van der Waals surface area contributed by atoms with Gasteiger partial charge in [0, 0.05) is 17.8 Å². The van der Waals surface area contributed by atoms with E-state index in [1.165, 1.54) is 23.9 Å². The molecule has 3 aromatic rings. The second-order valence-corrected chi connectivity index (χ2v) is 4.21. The number of oxazole rings is 1. The summed E-state index contributed by atoms with van der Waals surface area (Å²) in [4.78, 5) is 16.0. The molecule has 0 radical (unpaired) electrons. The summed E-state index contributed by atoms with van der Waals surface area (Å²) in [7, 11) is 1.49. The molecule has 0 saturated carbocycles. The molecule has 0 unspecified atom stereocenters. The van der Waals surface area contributed by atoms with Gasteiger partial charge in [-0.3, -0.25) is 4.79 Å². The van der Waals surface area contributed by atoms with Crippen LogP contribution in [0.3, 0.4) is 0 Å². The van der Waals surface area contributed by atoms with Crippen molar-refractivity contribution in [2.24, 2.45) is 0 Å². The first-order valence-electron chi connectivity index (χ1n) is 5.93. The zero-order valence-electron chi connectivity index (χ0n) is 10.7. The van der Waals surface area contributed by atoms with Gasteiger partial charge in [-0.25, -0.2) is 9.67 Å². The Morgan fingerprint density at radius 3 is 3.00 bits per heavy atom. The van der Waals surface area contributed by atoms with Gasteiger partial charge in [-0.1, -0.05) is 0 Å². The lowest BCUT2D eigenvalue weighted by Gasteiger charge is -2.03. The van der Waals surface area contributed by atoms with E-state index in [1.54, 1.807) is 18.2 Å². The van der Waals surface area contributed by atoms with Crippen LogP contribution in [0.1, 0.15) is 5.89 Å². The first-order valence-corrected chi connectivity index (χ1v) is 5.93. The third kappa shape index (κ3) is 2.20. The Hall–Kier alpha value is -2.83. The number of fused-ring (bicyclic) bond motifs is 1. The summed E-state index contributed by atoms with van der Waals surface area (Å²) in [6.45, 7) is 0.130. The molecule has 0 atom stereocenters. The minimum atomic E-state index is -0.257. The molecule has 0 aliphatic heterocycles. The number of rotatable bonds is 3. The maximum atomic E-state index is 11.7. The summed E-state index contributed by atoms with van der Waals surface area (Å²) < 4.78 is 11.8. The van der Waals surface area contributed by atoms with Crippen molar-refractivity contribution in [1.82, 2.24) is 14.8 Å². The molecule has 7 nitrogen and oxygen atoms in total. The molecule has 0 aliphatic carbocycles. The lowest BCUT2D eigenvalue weighted by molar-refractivity contribution is 0.373. The maximum Gasteiger partial charge on any atom is 0.267 e. The highest BCUT2D eigenvalue weighted by Crippen LogP contribution is 2.18. The smallest absolute Gasteiger partial charge is 0.267 e. The monoisotopic (exact) mass is 272 g/mol. The zero-order chi connectivity index (χ0) is 14.1. The topological polar surface area (TPSA) is 96.2 Å². The number of hydrogen-bond acceptors (Lipinski definition) is 6. The number of hydrogen-bond donors (Lipinski definition) is 1. The number of nitrogens with two attached hydrogens (primary N) is 1. The van der Waals surface area contributed by atoms with Gasteiger partial charge in [-0.15, -0.1) is 5.10 Å². The van der Waals surface area contributed by atoms with Crippen molar-refractivity contribution < 1.29 is 9.15 Å². The lowest BCUT2D eigenvalue weighted by atomic mass is 10.3. The van der Waals surface area contributed by atoms with Crippen LogP contribution in [0.2, 0.25) is 0 Å². The molecule has 7 heteroatoms. The second kappa shape index (κ2) is 4.69. The Kier molecular flexibility index (Phi) is 2.86. The standard InChI is InChI=1S/C13H12N4O3/c1-19-11-4-5-13(18)17(16-11)7-12-15-9-6-8(14)2-3-10(9)20-12/h2-6H,7,14H2,1H3. The van der Waals surface area contributed by atoms with Crippen LogP contribution in [0.25, 0.3) is 11.1 Å². The van der Waals surface area contributed by atoms with E-state index in [4.69, 9.17) is 14.9 Å². The Balaban J connectivity index is 1.98. The number of benzene rings is 1. The SMILES string of the molecule is COc1ccc(=O)n(Cc2nc3cc(N)ccc3o2)n1. The second-order valence-electron chi connectivity index (χ2n) is 4.21. The molecule has 0 saturated heterocycles. The van der Waals surface area contributed by atoms with Gasteiger partial charge >= 0.3 is 0 Å². The summed E-state index contributed by atoms with van der Waals surface area (Å²) in [6, 6.07) is 8.07. The van der Waals surface area contributed by atoms with Gasteiger partial charge in [-0.2, -0.15) is 0 Å². The zero-order valence-corrected chi connectivity index (χ0v) is 10.7. The average molecular weight is 272 g/mol. The van der Waals surface area contributed by atoms with Crippen molar-refractivity contribution in [3.8, 4) is 5.88 Å². The molecule has 102 valence electrons. The van der Waals surface area contributed by atoms with Crippen molar-refractivity contribution in [3.05, 3.63) is 46.6 Å². The highest BCUT2D eigenvalue weighted by Gasteiger charge is 2.09. The molecule has 0 spiro atoms. The molecule has 2 heterocycles. The quantitative estimate of drug-likeness (QED) is 0.715. The molecule has 2 N–H and O–H groups in total. The summed E-state index contributed by atoms with van der Waals surface area (Å²) in [6.07, 6.45) is 0. The van der Waals surface area contributed by atoms with E-state index in [9.17, 15) is 4.79 Å². The predicted octanol–water partition coefficient (Wildman–Crippen LogP) is 1.02. The van der Waals surface area contributed by atoms with Gasteiger partial charge in [0.05, 0.1) is 7.11 Å². The van der Waals surface area contributed by atoms with Crippen molar-refractivity contribution in [2.45, 2.75) is 6.54 Å². The molecule has 1 aromatic carbocycles. The number of methoxy groups -OCH3 is 1. The fourth-order valence-electron chi connectivity index (χ4n) is 1.84. The first-order chi connectivity index (χ1) is 9.65. The van der Waals surface area contributed by atoms with Crippen LogP contribution in [-0.2, 0) is 6.54 Å². The molecular formula is C13H12N4O3. The fourth-order valence-corrected chi connectivity index (χ4v) is 1.84. The molecule has 3 rings (SSSR count). The number of nitrogen functional groups attached to an aromatic ring is 1. The van der Waals surface area contributed by atoms with Gasteiger partial charge in [0.2, 0.25) is 11.8 Å². The van der Waals surface area contributed by atoms with Crippen molar-refractivity contribution >= 4 is 16.8 Å². The van der Waals surface area contributed by atoms with Crippen LogP contribution in [0.5, 0.6) is 5.88 Å². The molecular weight excluding hydrogens is 260 g/mol. The van der Waals surface area contributed by atoms with E-state index < -0.39 is 0 Å². The fraction of sp³-hybridized carbons (Fsp3) is 0.154. The minimum absolute atomic E-state index is 0.130. The maximum absolute atomic E-state index is 11.7. The Labute approximate surface area is 113 Å². The Bertz CT molecular complexity index is 822. The van der Waals surface area contributed by atoms with Crippen LogP contribution in [0, 0.1) is 0 Å². The summed E-state index contributed by atoms with van der Waals surface area (Å²) in [5.74, 6) is 0.735. The lowest BCUT2D eigenvalue weighted by Crippen LogP contribution is -2.22. The number of anilines is 1. The Morgan fingerprint density at radius 1 is 1.35 bits per heavy atom. The van der Waals surface area contributed by atoms with Crippen LogP contribution < -0.4 is 16.0 Å². The third-order valence-corrected chi connectivity index (χ3v) is 2.79. The van der Waals surface area contributed by atoms with Crippen molar-refractivity contribution in [3.63, 3.8) is 0 Å². The molecule has 20 heavy (non-hydrogen) atoms. The number of aromatic nitrogens is 3. The highest BCUT2D eigenvalue weighted by molar-refractivity contribution is 5.76. The number of ether oxygens (including phenoxy) is 1.